The second-order valence-electron chi connectivity index (χ2n) is 9.60. The molecule has 6 rings (SSSR count). The first kappa shape index (κ1) is 23.3. The minimum absolute atomic E-state index is 0.0182. The summed E-state index contributed by atoms with van der Waals surface area (Å²) in [6.45, 7) is 0.708. The normalized spacial score (nSPS) is 25.9. The van der Waals surface area contributed by atoms with Crippen molar-refractivity contribution in [3.05, 3.63) is 49.1 Å². The Kier molecular flexibility index (Phi) is 5.86. The molecule has 3 N–H and O–H groups in total. The second-order valence-corrected chi connectivity index (χ2v) is 11.7. The number of piperidine rings is 1. The Bertz CT molecular complexity index is 1340. The smallest absolute Gasteiger partial charge is 0.261 e. The summed E-state index contributed by atoms with van der Waals surface area (Å²) in [5.74, 6) is 0.926. The van der Waals surface area contributed by atoms with Crippen LogP contribution in [0.4, 0.5) is 0 Å². The first-order valence-electron chi connectivity index (χ1n) is 12.1. The zero-order valence-corrected chi connectivity index (χ0v) is 21.4. The minimum atomic E-state index is -0.697. The highest BCUT2D eigenvalue weighted by atomic mass is 32.1. The van der Waals surface area contributed by atoms with Gasteiger partial charge in [0.15, 0.2) is 5.82 Å². The third kappa shape index (κ3) is 3.65. The number of aromatic amines is 1. The molecule has 186 valence electrons. The lowest BCUT2D eigenvalue weighted by molar-refractivity contribution is -0.131. The minimum Gasteiger partial charge on any atom is -0.354 e. The van der Waals surface area contributed by atoms with E-state index in [-0.39, 0.29) is 30.4 Å². The van der Waals surface area contributed by atoms with Crippen molar-refractivity contribution in [2.75, 3.05) is 20.1 Å². The lowest BCUT2D eigenvalue weighted by atomic mass is 9.72. The maximum Gasteiger partial charge on any atom is 0.261 e. The van der Waals surface area contributed by atoms with Crippen molar-refractivity contribution in [2.24, 2.45) is 5.92 Å². The van der Waals surface area contributed by atoms with Crippen molar-refractivity contribution < 1.29 is 9.59 Å². The van der Waals surface area contributed by atoms with Crippen LogP contribution in [0.3, 0.4) is 0 Å². The van der Waals surface area contributed by atoms with E-state index >= 15 is 0 Å². The number of carbonyl (C=O) groups is 2. The van der Waals surface area contributed by atoms with Crippen LogP contribution in [0.2, 0.25) is 0 Å². The van der Waals surface area contributed by atoms with Crippen molar-refractivity contribution >= 4 is 34.5 Å². The number of amides is 2. The first-order chi connectivity index (χ1) is 17.6. The maximum atomic E-state index is 13.0. The Morgan fingerprint density at radius 2 is 2.17 bits per heavy atom. The summed E-state index contributed by atoms with van der Waals surface area (Å²) >= 11 is 3.24. The molecule has 3 aliphatic rings. The van der Waals surface area contributed by atoms with E-state index in [1.54, 1.807) is 23.3 Å². The molecule has 0 radical (unpaired) electrons. The lowest BCUT2D eigenvalue weighted by Gasteiger charge is -2.31. The number of aromatic nitrogens is 4. The number of hydrogen-bond acceptors (Lipinski definition) is 9. The molecule has 3 aromatic rings. The van der Waals surface area contributed by atoms with E-state index in [0.29, 0.717) is 29.6 Å². The molecule has 4 atom stereocenters. The number of H-pyrrole nitrogens is 1. The zero-order valence-electron chi connectivity index (χ0n) is 19.8. The fraction of sp³-hybridized carbons (Fsp3) is 0.500. The predicted molar refractivity (Wildman–Crippen MR) is 134 cm³/mol. The molecule has 4 heterocycles. The van der Waals surface area contributed by atoms with Crippen molar-refractivity contribution in [3.8, 4) is 6.07 Å². The predicted octanol–water partition coefficient (Wildman–Crippen LogP) is 1.61. The van der Waals surface area contributed by atoms with Crippen LogP contribution in [0, 0.1) is 17.2 Å². The van der Waals surface area contributed by atoms with Gasteiger partial charge in [-0.05, 0) is 73.2 Å². The van der Waals surface area contributed by atoms with Gasteiger partial charge in [0.05, 0.1) is 22.9 Å². The molecule has 0 bridgehead atoms. The van der Waals surface area contributed by atoms with Gasteiger partial charge < -0.3 is 15.5 Å². The molecule has 1 saturated carbocycles. The third-order valence-corrected chi connectivity index (χ3v) is 9.90. The summed E-state index contributed by atoms with van der Waals surface area (Å²) in [5.41, 5.74) is 1.46. The molecule has 2 amide bonds. The molecular weight excluding hydrogens is 496 g/mol. The monoisotopic (exact) mass is 522 g/mol. The van der Waals surface area contributed by atoms with Gasteiger partial charge in [-0.3, -0.25) is 9.59 Å². The van der Waals surface area contributed by atoms with E-state index in [1.165, 1.54) is 16.2 Å². The number of nitriles is 1. The number of thiophene rings is 2. The van der Waals surface area contributed by atoms with Gasteiger partial charge in [-0.15, -0.1) is 32.9 Å². The van der Waals surface area contributed by atoms with Crippen LogP contribution in [0.25, 0.3) is 0 Å². The number of tetrazole rings is 1. The fourth-order valence-corrected chi connectivity index (χ4v) is 8.10. The lowest BCUT2D eigenvalue weighted by Crippen LogP contribution is -2.44. The number of hydrogen-bond donors (Lipinski definition) is 3. The standard InChI is InChI=1S/C24H26N8O2S2/c1-26-22(34)20-10-16-19(36-20)3-2-18-15(4-7-35-18)24(16,23-28-30-31-29-23)5-6-27-12-21(33)32-14(11-25)8-13-9-17(13)32/h4,7,10,13-14,17,27H,2-3,5-6,8-9,12H2,1H3,(H,26,34)(H,28,29,30,31)/t13-,14+,17+,24?/m1/s1. The number of rotatable bonds is 7. The molecule has 1 unspecified atom stereocenters. The molecule has 10 nitrogen and oxygen atoms in total. The highest BCUT2D eigenvalue weighted by molar-refractivity contribution is 7.14. The van der Waals surface area contributed by atoms with Crippen LogP contribution < -0.4 is 10.6 Å². The summed E-state index contributed by atoms with van der Waals surface area (Å²) in [5, 5.41) is 33.0. The molecule has 3 aromatic heterocycles. The van der Waals surface area contributed by atoms with Gasteiger partial charge in [0.25, 0.3) is 5.91 Å². The highest BCUT2D eigenvalue weighted by Gasteiger charge is 2.54. The van der Waals surface area contributed by atoms with Crippen molar-refractivity contribution in [1.29, 1.82) is 5.26 Å². The van der Waals surface area contributed by atoms with E-state index in [1.807, 2.05) is 6.07 Å². The fourth-order valence-electron chi connectivity index (χ4n) is 5.96. The summed E-state index contributed by atoms with van der Waals surface area (Å²) in [4.78, 5) is 30.3. The maximum absolute atomic E-state index is 13.0. The number of nitrogens with zero attached hydrogens (tertiary/aromatic N) is 5. The molecular formula is C24H26N8O2S2. The van der Waals surface area contributed by atoms with Crippen molar-refractivity contribution in [1.82, 2.24) is 36.2 Å². The third-order valence-electron chi connectivity index (χ3n) is 7.73. The summed E-state index contributed by atoms with van der Waals surface area (Å²) in [7, 11) is 1.64. The van der Waals surface area contributed by atoms with Gasteiger partial charge in [0.1, 0.15) is 6.04 Å². The molecule has 1 saturated heterocycles. The Hall–Kier alpha value is -3.14. The van der Waals surface area contributed by atoms with E-state index in [9.17, 15) is 14.9 Å². The number of nitrogens with one attached hydrogen (secondary N) is 3. The topological polar surface area (TPSA) is 140 Å². The molecule has 0 spiro atoms. The van der Waals surface area contributed by atoms with Crippen LogP contribution in [-0.4, -0.2) is 69.6 Å². The Morgan fingerprint density at radius 3 is 2.94 bits per heavy atom. The summed E-state index contributed by atoms with van der Waals surface area (Å²) in [6, 6.07) is 6.32. The highest BCUT2D eigenvalue weighted by Crippen LogP contribution is 2.49. The Balaban J connectivity index is 1.30. The SMILES string of the molecule is CNC(=O)c1cc2c(s1)CCc1sccc1C2(CCNCC(=O)N1[C@H](C#N)C[C@@H]2C[C@@H]21)c1nn[nH]n1. The van der Waals surface area contributed by atoms with Gasteiger partial charge in [-0.2, -0.15) is 10.5 Å². The largest absolute Gasteiger partial charge is 0.354 e. The van der Waals surface area contributed by atoms with Gasteiger partial charge in [-0.1, -0.05) is 5.21 Å². The Morgan fingerprint density at radius 1 is 1.31 bits per heavy atom. The molecule has 12 heteroatoms. The van der Waals surface area contributed by atoms with Crippen LogP contribution in [0.15, 0.2) is 17.5 Å². The summed E-state index contributed by atoms with van der Waals surface area (Å²) in [6.07, 6.45) is 4.12. The molecule has 2 fully saturated rings. The van der Waals surface area contributed by atoms with Crippen LogP contribution in [0.5, 0.6) is 0 Å². The van der Waals surface area contributed by atoms with E-state index < -0.39 is 5.41 Å². The van der Waals surface area contributed by atoms with Gasteiger partial charge in [0, 0.05) is 22.8 Å². The number of aryl methyl sites for hydroxylation is 2. The molecule has 1 aliphatic heterocycles. The number of likely N-dealkylation sites (tertiary alicyclic amines) is 1. The van der Waals surface area contributed by atoms with Crippen LogP contribution in [0.1, 0.15) is 55.6 Å². The average molecular weight is 523 g/mol. The number of carbonyl (C=O) groups excluding carboxylic acids is 2. The molecule has 0 aromatic carbocycles. The van der Waals surface area contributed by atoms with Crippen LogP contribution in [-0.2, 0) is 23.1 Å². The molecule has 36 heavy (non-hydrogen) atoms. The molecule has 2 aliphatic carbocycles. The van der Waals surface area contributed by atoms with Gasteiger partial charge in [-0.25, -0.2) is 0 Å². The van der Waals surface area contributed by atoms with Crippen LogP contribution >= 0.6 is 22.7 Å². The van der Waals surface area contributed by atoms with E-state index in [0.717, 1.165) is 41.7 Å². The summed E-state index contributed by atoms with van der Waals surface area (Å²) < 4.78 is 0. The first-order valence-corrected chi connectivity index (χ1v) is 13.8. The second kappa shape index (κ2) is 9.06. The quantitative estimate of drug-likeness (QED) is 0.401. The van der Waals surface area contributed by atoms with Gasteiger partial charge in [0.2, 0.25) is 5.91 Å². The zero-order chi connectivity index (χ0) is 24.9. The van der Waals surface area contributed by atoms with E-state index in [4.69, 9.17) is 0 Å². The van der Waals surface area contributed by atoms with Crippen molar-refractivity contribution in [3.63, 3.8) is 0 Å². The van der Waals surface area contributed by atoms with Crippen molar-refractivity contribution in [2.45, 2.75) is 49.6 Å². The van der Waals surface area contributed by atoms with E-state index in [2.05, 4.69) is 48.8 Å². The van der Waals surface area contributed by atoms with Gasteiger partial charge >= 0.3 is 0 Å². The number of fused-ring (bicyclic) bond motifs is 3. The Labute approximate surface area is 216 Å². The average Bonchev–Trinajstić information content (AvgIpc) is 3.41.